The van der Waals surface area contributed by atoms with Crippen molar-refractivity contribution in [3.63, 3.8) is 0 Å². The normalized spacial score (nSPS) is 10.0. The zero-order valence-corrected chi connectivity index (χ0v) is 9.07. The first kappa shape index (κ1) is 11.7. The number of hydrogen-bond acceptors (Lipinski definition) is 4. The van der Waals surface area contributed by atoms with Crippen molar-refractivity contribution in [2.24, 2.45) is 0 Å². The van der Waals surface area contributed by atoms with Crippen LogP contribution in [0.25, 0.3) is 11.4 Å². The van der Waals surface area contributed by atoms with E-state index in [0.717, 1.165) is 0 Å². The molecule has 0 saturated heterocycles. The van der Waals surface area contributed by atoms with Crippen LogP contribution in [-0.4, -0.2) is 32.1 Å². The van der Waals surface area contributed by atoms with Gasteiger partial charge in [0, 0.05) is 18.0 Å². The molecule has 0 radical (unpaired) electrons. The zero-order valence-electron chi connectivity index (χ0n) is 9.07. The molecule has 6 heteroatoms. The number of carboxylic acids is 2. The number of hydrogen-bond donors (Lipinski definition) is 2. The highest BCUT2D eigenvalue weighted by Crippen LogP contribution is 2.23. The highest BCUT2D eigenvalue weighted by Gasteiger charge is 2.21. The summed E-state index contributed by atoms with van der Waals surface area (Å²) in [5.41, 5.74) is -0.411. The van der Waals surface area contributed by atoms with E-state index in [9.17, 15) is 9.59 Å². The number of carboxylic acid groups (broad SMARTS) is 2. The Bertz CT molecular complexity index is 611. The maximum absolute atomic E-state index is 11.2. The second kappa shape index (κ2) is 4.62. The lowest BCUT2D eigenvalue weighted by Gasteiger charge is -2.07. The smallest absolute Gasteiger partial charge is 0.337 e. The maximum atomic E-state index is 11.2. The summed E-state index contributed by atoms with van der Waals surface area (Å²) in [4.78, 5) is 30.1. The van der Waals surface area contributed by atoms with Crippen LogP contribution in [0.4, 0.5) is 0 Å². The minimum atomic E-state index is -1.32. The number of nitrogens with zero attached hydrogens (tertiary/aromatic N) is 2. The molecule has 1 heterocycles. The van der Waals surface area contributed by atoms with Crippen molar-refractivity contribution in [1.29, 1.82) is 0 Å². The number of aromatic carboxylic acids is 2. The van der Waals surface area contributed by atoms with E-state index in [-0.39, 0.29) is 22.5 Å². The molecule has 0 aliphatic carbocycles. The third kappa shape index (κ3) is 2.03. The van der Waals surface area contributed by atoms with Gasteiger partial charge in [-0.25, -0.2) is 19.6 Å². The molecule has 1 aromatic heterocycles. The summed E-state index contributed by atoms with van der Waals surface area (Å²) in [5, 5.41) is 18.1. The Hall–Kier alpha value is -2.76. The SMILES string of the molecule is O=C(O)c1cccc(-c2ncccn2)c1C(=O)O. The molecule has 0 spiro atoms. The Morgan fingerprint density at radius 3 is 2.17 bits per heavy atom. The van der Waals surface area contributed by atoms with Crippen LogP contribution in [0.2, 0.25) is 0 Å². The molecule has 0 aliphatic heterocycles. The van der Waals surface area contributed by atoms with Gasteiger partial charge >= 0.3 is 11.9 Å². The van der Waals surface area contributed by atoms with E-state index in [2.05, 4.69) is 9.97 Å². The molecule has 0 unspecified atom stereocenters. The molecular weight excluding hydrogens is 236 g/mol. The number of aromatic nitrogens is 2. The molecule has 6 nitrogen and oxygen atoms in total. The summed E-state index contributed by atoms with van der Waals surface area (Å²) in [6.45, 7) is 0. The fourth-order valence-corrected chi connectivity index (χ4v) is 1.59. The van der Waals surface area contributed by atoms with Crippen molar-refractivity contribution in [2.45, 2.75) is 0 Å². The lowest BCUT2D eigenvalue weighted by Crippen LogP contribution is -2.10. The summed E-state index contributed by atoms with van der Waals surface area (Å²) >= 11 is 0. The van der Waals surface area contributed by atoms with Crippen molar-refractivity contribution in [3.8, 4) is 11.4 Å². The second-order valence-electron chi connectivity index (χ2n) is 3.41. The predicted octanol–water partition coefficient (Wildman–Crippen LogP) is 1.54. The second-order valence-corrected chi connectivity index (χ2v) is 3.41. The van der Waals surface area contributed by atoms with Crippen LogP contribution in [-0.2, 0) is 0 Å². The van der Waals surface area contributed by atoms with Gasteiger partial charge in [0.2, 0.25) is 0 Å². The Balaban J connectivity index is 2.72. The van der Waals surface area contributed by atoms with Crippen LogP contribution >= 0.6 is 0 Å². The Morgan fingerprint density at radius 1 is 0.944 bits per heavy atom. The van der Waals surface area contributed by atoms with Gasteiger partial charge in [0.25, 0.3) is 0 Å². The van der Waals surface area contributed by atoms with E-state index >= 15 is 0 Å². The van der Waals surface area contributed by atoms with Crippen molar-refractivity contribution >= 4 is 11.9 Å². The molecule has 0 aliphatic rings. The van der Waals surface area contributed by atoms with Crippen molar-refractivity contribution < 1.29 is 19.8 Å². The lowest BCUT2D eigenvalue weighted by molar-refractivity contribution is 0.0652. The van der Waals surface area contributed by atoms with Crippen LogP contribution in [0, 0.1) is 0 Å². The quantitative estimate of drug-likeness (QED) is 0.849. The molecule has 0 bridgehead atoms. The summed E-state index contributed by atoms with van der Waals surface area (Å²) in [6.07, 6.45) is 2.92. The van der Waals surface area contributed by atoms with Crippen molar-refractivity contribution in [1.82, 2.24) is 9.97 Å². The summed E-state index contributed by atoms with van der Waals surface area (Å²) in [6, 6.07) is 5.76. The van der Waals surface area contributed by atoms with Gasteiger partial charge in [-0.1, -0.05) is 12.1 Å². The van der Waals surface area contributed by atoms with E-state index in [4.69, 9.17) is 10.2 Å². The molecule has 2 rings (SSSR count). The first-order chi connectivity index (χ1) is 8.61. The monoisotopic (exact) mass is 244 g/mol. The van der Waals surface area contributed by atoms with E-state index in [0.29, 0.717) is 0 Å². The van der Waals surface area contributed by atoms with Gasteiger partial charge < -0.3 is 10.2 Å². The minimum absolute atomic E-state index is 0.179. The average Bonchev–Trinajstić information content (AvgIpc) is 2.38. The van der Waals surface area contributed by atoms with Crippen LogP contribution in [0.1, 0.15) is 20.7 Å². The fourth-order valence-electron chi connectivity index (χ4n) is 1.59. The molecular formula is C12H8N2O4. The molecule has 90 valence electrons. The van der Waals surface area contributed by atoms with Crippen LogP contribution in [0.5, 0.6) is 0 Å². The molecule has 0 saturated carbocycles. The number of carbonyl (C=O) groups is 2. The van der Waals surface area contributed by atoms with Crippen LogP contribution in [0.15, 0.2) is 36.7 Å². The van der Waals surface area contributed by atoms with Gasteiger partial charge in [-0.15, -0.1) is 0 Å². The minimum Gasteiger partial charge on any atom is -0.478 e. The fraction of sp³-hybridized carbons (Fsp3) is 0. The van der Waals surface area contributed by atoms with Gasteiger partial charge in [0.05, 0.1) is 11.1 Å². The van der Waals surface area contributed by atoms with Gasteiger partial charge in [-0.3, -0.25) is 0 Å². The zero-order chi connectivity index (χ0) is 13.1. The molecule has 2 N–H and O–H groups in total. The topological polar surface area (TPSA) is 100 Å². The third-order valence-corrected chi connectivity index (χ3v) is 2.32. The van der Waals surface area contributed by atoms with E-state index in [1.54, 1.807) is 6.07 Å². The molecule has 2 aromatic rings. The first-order valence-electron chi connectivity index (χ1n) is 4.98. The maximum Gasteiger partial charge on any atom is 0.337 e. The van der Waals surface area contributed by atoms with E-state index < -0.39 is 11.9 Å². The number of rotatable bonds is 3. The molecule has 1 aromatic carbocycles. The van der Waals surface area contributed by atoms with E-state index in [1.165, 1.54) is 30.6 Å². The highest BCUT2D eigenvalue weighted by molar-refractivity contribution is 6.06. The van der Waals surface area contributed by atoms with Crippen LogP contribution < -0.4 is 0 Å². The van der Waals surface area contributed by atoms with Gasteiger partial charge in [-0.05, 0) is 12.1 Å². The van der Waals surface area contributed by atoms with Crippen molar-refractivity contribution in [2.75, 3.05) is 0 Å². The predicted molar refractivity (Wildman–Crippen MR) is 61.4 cm³/mol. The molecule has 0 fully saturated rings. The molecule has 0 amide bonds. The Labute approximate surface area is 102 Å². The van der Waals surface area contributed by atoms with Gasteiger partial charge in [0.1, 0.15) is 0 Å². The molecule has 0 atom stereocenters. The highest BCUT2D eigenvalue weighted by atomic mass is 16.4. The Morgan fingerprint density at radius 2 is 1.61 bits per heavy atom. The van der Waals surface area contributed by atoms with Gasteiger partial charge in [0.15, 0.2) is 5.82 Å². The molecule has 18 heavy (non-hydrogen) atoms. The first-order valence-corrected chi connectivity index (χ1v) is 4.98. The summed E-state index contributed by atoms with van der Waals surface area (Å²) in [7, 11) is 0. The number of benzene rings is 1. The van der Waals surface area contributed by atoms with E-state index in [1.807, 2.05) is 0 Å². The summed E-state index contributed by atoms with van der Waals surface area (Å²) < 4.78 is 0. The van der Waals surface area contributed by atoms with Crippen LogP contribution in [0.3, 0.4) is 0 Å². The largest absolute Gasteiger partial charge is 0.478 e. The summed E-state index contributed by atoms with van der Waals surface area (Å²) in [5.74, 6) is -2.45. The van der Waals surface area contributed by atoms with Gasteiger partial charge in [-0.2, -0.15) is 0 Å². The lowest BCUT2D eigenvalue weighted by atomic mass is 10.0. The Kier molecular flexibility index (Phi) is 3.01. The standard InChI is InChI=1S/C12H8N2O4/c15-11(16)8-4-1-3-7(9(8)12(17)18)10-13-5-2-6-14-10/h1-6H,(H,15,16)(H,17,18). The van der Waals surface area contributed by atoms with Crippen molar-refractivity contribution in [3.05, 3.63) is 47.8 Å². The average molecular weight is 244 g/mol. The third-order valence-electron chi connectivity index (χ3n) is 2.32.